The van der Waals surface area contributed by atoms with Crippen LogP contribution in [0, 0.1) is 0 Å². The summed E-state index contributed by atoms with van der Waals surface area (Å²) in [5, 5.41) is 20.5. The molecule has 92 valence electrons. The van der Waals surface area contributed by atoms with Crippen LogP contribution in [-0.2, 0) is 11.2 Å². The largest absolute Gasteiger partial charge is 0.478 e. The second-order valence-electron chi connectivity index (χ2n) is 3.79. The van der Waals surface area contributed by atoms with E-state index in [1.165, 1.54) is 19.1 Å². The molecule has 0 bridgehead atoms. The van der Waals surface area contributed by atoms with E-state index in [0.717, 1.165) is 5.56 Å². The zero-order valence-corrected chi connectivity index (χ0v) is 9.51. The van der Waals surface area contributed by atoms with Gasteiger partial charge in [-0.3, -0.25) is 4.79 Å². The molecule has 0 aliphatic heterocycles. The van der Waals surface area contributed by atoms with E-state index >= 15 is 0 Å². The van der Waals surface area contributed by atoms with Crippen LogP contribution in [0.5, 0.6) is 0 Å². The first-order valence-corrected chi connectivity index (χ1v) is 5.23. The van der Waals surface area contributed by atoms with Gasteiger partial charge in [-0.2, -0.15) is 0 Å². The van der Waals surface area contributed by atoms with Crippen molar-refractivity contribution in [1.82, 2.24) is 5.32 Å². The minimum absolute atomic E-state index is 0.184. The van der Waals surface area contributed by atoms with Gasteiger partial charge in [0, 0.05) is 6.92 Å². The summed E-state index contributed by atoms with van der Waals surface area (Å²) in [6.07, 6.45) is 0.400. The number of rotatable bonds is 5. The number of hydrogen-bond acceptors (Lipinski definition) is 3. The molecule has 1 aromatic carbocycles. The van der Waals surface area contributed by atoms with Gasteiger partial charge in [-0.15, -0.1) is 0 Å². The smallest absolute Gasteiger partial charge is 0.335 e. The predicted molar refractivity (Wildman–Crippen MR) is 61.8 cm³/mol. The zero-order chi connectivity index (χ0) is 12.8. The highest BCUT2D eigenvalue weighted by Crippen LogP contribution is 2.08. The molecule has 0 aliphatic carbocycles. The Morgan fingerprint density at radius 1 is 1.41 bits per heavy atom. The van der Waals surface area contributed by atoms with Crippen molar-refractivity contribution in [1.29, 1.82) is 0 Å². The van der Waals surface area contributed by atoms with Gasteiger partial charge in [-0.1, -0.05) is 12.1 Å². The van der Waals surface area contributed by atoms with Crippen LogP contribution in [0.1, 0.15) is 22.8 Å². The zero-order valence-electron chi connectivity index (χ0n) is 9.51. The molecule has 0 heterocycles. The van der Waals surface area contributed by atoms with Crippen LogP contribution in [-0.4, -0.2) is 34.7 Å². The van der Waals surface area contributed by atoms with Crippen molar-refractivity contribution in [3.8, 4) is 0 Å². The Hall–Kier alpha value is -1.88. The van der Waals surface area contributed by atoms with Crippen LogP contribution < -0.4 is 5.32 Å². The lowest BCUT2D eigenvalue weighted by Gasteiger charge is -2.15. The summed E-state index contributed by atoms with van der Waals surface area (Å²) in [6.45, 7) is 1.19. The number of carboxylic acid groups (broad SMARTS) is 1. The van der Waals surface area contributed by atoms with E-state index in [1.807, 2.05) is 0 Å². The fraction of sp³-hybridized carbons (Fsp3) is 0.333. The lowest BCUT2D eigenvalue weighted by atomic mass is 10.0. The maximum absolute atomic E-state index is 10.9. The maximum atomic E-state index is 10.9. The van der Waals surface area contributed by atoms with Crippen LogP contribution in [0.25, 0.3) is 0 Å². The normalized spacial score (nSPS) is 11.9. The van der Waals surface area contributed by atoms with Gasteiger partial charge in [-0.25, -0.2) is 4.79 Å². The molecule has 1 atom stereocenters. The number of nitrogens with one attached hydrogen (secondary N) is 1. The summed E-state index contributed by atoms with van der Waals surface area (Å²) in [6, 6.07) is 6.04. The fourth-order valence-electron chi connectivity index (χ4n) is 1.56. The molecule has 17 heavy (non-hydrogen) atoms. The summed E-state index contributed by atoms with van der Waals surface area (Å²) in [7, 11) is 0. The van der Waals surface area contributed by atoms with Crippen molar-refractivity contribution in [3.63, 3.8) is 0 Å². The van der Waals surface area contributed by atoms with Gasteiger partial charge in [0.15, 0.2) is 0 Å². The number of benzene rings is 1. The minimum atomic E-state index is -0.994. The topological polar surface area (TPSA) is 86.6 Å². The van der Waals surface area contributed by atoms with Gasteiger partial charge in [-0.05, 0) is 24.1 Å². The molecule has 1 aromatic rings. The van der Waals surface area contributed by atoms with Gasteiger partial charge in [0.25, 0.3) is 0 Å². The van der Waals surface area contributed by atoms with Crippen molar-refractivity contribution < 1.29 is 19.8 Å². The SMILES string of the molecule is CC(=O)N[C@@H](CO)Cc1cccc(C(=O)O)c1. The molecule has 0 unspecified atom stereocenters. The first-order valence-electron chi connectivity index (χ1n) is 5.23. The standard InChI is InChI=1S/C12H15NO4/c1-8(15)13-11(7-14)6-9-3-2-4-10(5-9)12(16)17/h2-5,11,14H,6-7H2,1H3,(H,13,15)(H,16,17)/t11-/m1/s1. The average molecular weight is 237 g/mol. The number of aromatic carboxylic acids is 1. The predicted octanol–water partition coefficient (Wildman–Crippen LogP) is 0.424. The molecule has 0 spiro atoms. The number of carboxylic acids is 1. The monoisotopic (exact) mass is 237 g/mol. The van der Waals surface area contributed by atoms with Crippen LogP contribution >= 0.6 is 0 Å². The van der Waals surface area contributed by atoms with Crippen molar-refractivity contribution in [2.75, 3.05) is 6.61 Å². The molecule has 1 amide bonds. The Kier molecular flexibility index (Phi) is 4.66. The molecule has 5 nitrogen and oxygen atoms in total. The Morgan fingerprint density at radius 3 is 2.65 bits per heavy atom. The Balaban J connectivity index is 2.75. The third kappa shape index (κ3) is 4.24. The van der Waals surface area contributed by atoms with E-state index in [2.05, 4.69) is 5.32 Å². The molecule has 0 fully saturated rings. The third-order valence-electron chi connectivity index (χ3n) is 2.28. The highest BCUT2D eigenvalue weighted by Gasteiger charge is 2.11. The number of carbonyl (C=O) groups excluding carboxylic acids is 1. The van der Waals surface area contributed by atoms with Crippen molar-refractivity contribution >= 4 is 11.9 Å². The van der Waals surface area contributed by atoms with E-state index in [4.69, 9.17) is 10.2 Å². The Morgan fingerprint density at radius 2 is 2.12 bits per heavy atom. The highest BCUT2D eigenvalue weighted by molar-refractivity contribution is 5.87. The lowest BCUT2D eigenvalue weighted by molar-refractivity contribution is -0.119. The second kappa shape index (κ2) is 6.00. The molecule has 0 aliphatic rings. The Bertz CT molecular complexity index is 417. The summed E-state index contributed by atoms with van der Waals surface area (Å²) >= 11 is 0. The summed E-state index contributed by atoms with van der Waals surface area (Å²) in [5.74, 6) is -1.22. The van der Waals surface area contributed by atoms with Crippen LogP contribution in [0.15, 0.2) is 24.3 Å². The lowest BCUT2D eigenvalue weighted by Crippen LogP contribution is -2.37. The molecular weight excluding hydrogens is 222 g/mol. The van der Waals surface area contributed by atoms with Gasteiger partial charge in [0.2, 0.25) is 5.91 Å². The van der Waals surface area contributed by atoms with Gasteiger partial charge in [0.05, 0.1) is 18.2 Å². The van der Waals surface area contributed by atoms with Crippen LogP contribution in [0.2, 0.25) is 0 Å². The van der Waals surface area contributed by atoms with Crippen molar-refractivity contribution in [2.45, 2.75) is 19.4 Å². The minimum Gasteiger partial charge on any atom is -0.478 e. The number of aliphatic hydroxyl groups excluding tert-OH is 1. The molecular formula is C12H15NO4. The molecule has 0 radical (unpaired) electrons. The summed E-state index contributed by atoms with van der Waals surface area (Å²) in [4.78, 5) is 21.6. The summed E-state index contributed by atoms with van der Waals surface area (Å²) < 4.78 is 0. The van der Waals surface area contributed by atoms with Crippen molar-refractivity contribution in [2.24, 2.45) is 0 Å². The molecule has 0 aromatic heterocycles. The summed E-state index contributed by atoms with van der Waals surface area (Å²) in [5.41, 5.74) is 0.958. The van der Waals surface area contributed by atoms with Crippen LogP contribution in [0.3, 0.4) is 0 Å². The van der Waals surface area contributed by atoms with E-state index in [-0.39, 0.29) is 18.1 Å². The van der Waals surface area contributed by atoms with Crippen LogP contribution in [0.4, 0.5) is 0 Å². The first-order chi connectivity index (χ1) is 8.02. The molecule has 3 N–H and O–H groups in total. The van der Waals surface area contributed by atoms with E-state index in [0.29, 0.717) is 6.42 Å². The molecule has 1 rings (SSSR count). The van der Waals surface area contributed by atoms with Crippen molar-refractivity contribution in [3.05, 3.63) is 35.4 Å². The number of hydrogen-bond donors (Lipinski definition) is 3. The quantitative estimate of drug-likeness (QED) is 0.693. The van der Waals surface area contributed by atoms with E-state index < -0.39 is 12.0 Å². The average Bonchev–Trinajstić information content (AvgIpc) is 2.28. The highest BCUT2D eigenvalue weighted by atomic mass is 16.4. The van der Waals surface area contributed by atoms with Gasteiger partial charge in [0.1, 0.15) is 0 Å². The fourth-order valence-corrected chi connectivity index (χ4v) is 1.56. The van der Waals surface area contributed by atoms with E-state index in [9.17, 15) is 9.59 Å². The third-order valence-corrected chi connectivity index (χ3v) is 2.28. The van der Waals surface area contributed by atoms with E-state index in [1.54, 1.807) is 12.1 Å². The molecule has 0 saturated carbocycles. The molecule has 0 saturated heterocycles. The number of aliphatic hydroxyl groups is 1. The maximum Gasteiger partial charge on any atom is 0.335 e. The number of carbonyl (C=O) groups is 2. The van der Waals surface area contributed by atoms with Gasteiger partial charge < -0.3 is 15.5 Å². The van der Waals surface area contributed by atoms with Gasteiger partial charge >= 0.3 is 5.97 Å². The first kappa shape index (κ1) is 13.2. The Labute approximate surface area is 99.1 Å². The molecule has 5 heteroatoms. The second-order valence-corrected chi connectivity index (χ2v) is 3.79. The number of amides is 1.